The highest BCUT2D eigenvalue weighted by atomic mass is 16.5. The molecule has 0 radical (unpaired) electrons. The fourth-order valence-electron chi connectivity index (χ4n) is 4.42. The lowest BCUT2D eigenvalue weighted by Crippen LogP contribution is -2.30. The molecule has 1 aliphatic carbocycles. The molecule has 2 aromatic rings. The fraction of sp³-hybridized carbons (Fsp3) is 0.650. The van der Waals surface area contributed by atoms with Gasteiger partial charge in [0.25, 0.3) is 0 Å². The van der Waals surface area contributed by atoms with Crippen LogP contribution in [0.5, 0.6) is 5.88 Å². The maximum atomic E-state index is 12.8. The van der Waals surface area contributed by atoms with E-state index >= 15 is 0 Å². The van der Waals surface area contributed by atoms with Crippen LogP contribution in [0.4, 0.5) is 0 Å². The van der Waals surface area contributed by atoms with E-state index in [0.717, 1.165) is 68.6 Å². The monoisotopic (exact) mass is 370 g/mol. The molecule has 5 rings (SSSR count). The van der Waals surface area contributed by atoms with E-state index in [4.69, 9.17) is 9.47 Å². The van der Waals surface area contributed by atoms with Crippen LogP contribution in [0.15, 0.2) is 12.3 Å². The van der Waals surface area contributed by atoms with Gasteiger partial charge < -0.3 is 14.4 Å². The second kappa shape index (κ2) is 6.78. The highest BCUT2D eigenvalue weighted by molar-refractivity contribution is 5.90. The van der Waals surface area contributed by atoms with Crippen molar-refractivity contribution in [1.29, 1.82) is 0 Å². The van der Waals surface area contributed by atoms with Crippen LogP contribution in [0, 0.1) is 11.8 Å². The summed E-state index contributed by atoms with van der Waals surface area (Å²) in [5.74, 6) is 1.80. The number of ether oxygens (including phenoxy) is 2. The second-order valence-electron chi connectivity index (χ2n) is 8.20. The number of aromatic nitrogens is 3. The van der Waals surface area contributed by atoms with Crippen LogP contribution in [-0.2, 0) is 9.53 Å². The van der Waals surface area contributed by atoms with Gasteiger partial charge in [-0.05, 0) is 24.8 Å². The first-order valence-electron chi connectivity index (χ1n) is 10.1. The zero-order chi connectivity index (χ0) is 18.4. The van der Waals surface area contributed by atoms with E-state index in [1.807, 2.05) is 11.0 Å². The number of aromatic amines is 1. The number of pyridine rings is 1. The smallest absolute Gasteiger partial charge is 0.226 e. The number of hydrogen-bond donors (Lipinski definition) is 1. The van der Waals surface area contributed by atoms with Gasteiger partial charge in [0.1, 0.15) is 6.10 Å². The predicted octanol–water partition coefficient (Wildman–Crippen LogP) is 2.49. The van der Waals surface area contributed by atoms with Gasteiger partial charge in [-0.25, -0.2) is 4.98 Å². The third kappa shape index (κ3) is 3.18. The molecule has 1 N–H and O–H groups in total. The Bertz CT molecular complexity index is 845. The first-order valence-corrected chi connectivity index (χ1v) is 10.1. The van der Waals surface area contributed by atoms with Crippen LogP contribution in [0.3, 0.4) is 0 Å². The number of nitrogens with one attached hydrogen (secondary N) is 1. The molecule has 0 spiro atoms. The third-order valence-electron chi connectivity index (χ3n) is 6.12. The summed E-state index contributed by atoms with van der Waals surface area (Å²) in [5, 5.41) is 8.56. The molecule has 2 aromatic heterocycles. The van der Waals surface area contributed by atoms with Crippen LogP contribution in [0.2, 0.25) is 0 Å². The summed E-state index contributed by atoms with van der Waals surface area (Å²) in [6.45, 7) is 5.46. The Balaban J connectivity index is 1.37. The lowest BCUT2D eigenvalue weighted by atomic mass is 10.1. The molecule has 3 aliphatic rings. The van der Waals surface area contributed by atoms with Crippen LogP contribution < -0.4 is 4.74 Å². The zero-order valence-corrected chi connectivity index (χ0v) is 15.7. The molecule has 2 saturated heterocycles. The van der Waals surface area contributed by atoms with Gasteiger partial charge in [-0.3, -0.25) is 9.89 Å². The van der Waals surface area contributed by atoms with Crippen molar-refractivity contribution in [1.82, 2.24) is 20.1 Å². The van der Waals surface area contributed by atoms with Gasteiger partial charge in [0.15, 0.2) is 0 Å². The molecule has 4 heterocycles. The zero-order valence-electron chi connectivity index (χ0n) is 15.7. The van der Waals surface area contributed by atoms with Crippen molar-refractivity contribution in [3.63, 3.8) is 0 Å². The van der Waals surface area contributed by atoms with Crippen molar-refractivity contribution in [2.24, 2.45) is 11.8 Å². The number of rotatable bonds is 4. The van der Waals surface area contributed by atoms with E-state index < -0.39 is 0 Å². The van der Waals surface area contributed by atoms with E-state index in [9.17, 15) is 4.79 Å². The van der Waals surface area contributed by atoms with E-state index in [2.05, 4.69) is 22.1 Å². The van der Waals surface area contributed by atoms with Gasteiger partial charge in [0.2, 0.25) is 11.8 Å². The summed E-state index contributed by atoms with van der Waals surface area (Å²) in [5.41, 5.74) is 1.86. The van der Waals surface area contributed by atoms with Crippen molar-refractivity contribution in [3.05, 3.63) is 18.0 Å². The molecular formula is C20H26N4O3. The van der Waals surface area contributed by atoms with Crippen molar-refractivity contribution >= 4 is 16.8 Å². The number of carbonyl (C=O) groups excluding carboxylic acids is 1. The number of nitrogens with zero attached hydrogens (tertiary/aromatic N) is 3. The average Bonchev–Trinajstić information content (AvgIpc) is 3.15. The Hall–Kier alpha value is -2.15. The van der Waals surface area contributed by atoms with Crippen LogP contribution >= 0.6 is 0 Å². The van der Waals surface area contributed by atoms with E-state index in [-0.39, 0.29) is 17.9 Å². The van der Waals surface area contributed by atoms with Crippen LogP contribution in [-0.4, -0.2) is 58.4 Å². The highest BCUT2D eigenvalue weighted by Crippen LogP contribution is 2.51. The summed E-state index contributed by atoms with van der Waals surface area (Å²) < 4.78 is 11.6. The topological polar surface area (TPSA) is 80.3 Å². The number of amides is 1. The molecule has 2 unspecified atom stereocenters. The molecule has 1 saturated carbocycles. The minimum Gasteiger partial charge on any atom is -0.474 e. The molecule has 27 heavy (non-hydrogen) atoms. The normalized spacial score (nSPS) is 28.6. The van der Waals surface area contributed by atoms with Gasteiger partial charge in [-0.2, -0.15) is 5.10 Å². The average molecular weight is 370 g/mol. The standard InChI is InChI=1S/C20H26N4O3/c1-12-3-7-24(11-12)20(25)15-10-14(15)18-17-16(22-23-18)2-6-21-19(17)27-13-4-8-26-9-5-13/h2,6,12-15H,3-5,7-11H2,1H3,(H,22,23)/t12-,14?,15?/m0/s1. The van der Waals surface area contributed by atoms with E-state index in [0.29, 0.717) is 17.7 Å². The quantitative estimate of drug-likeness (QED) is 0.894. The van der Waals surface area contributed by atoms with Crippen LogP contribution in [0.25, 0.3) is 10.9 Å². The Morgan fingerprint density at radius 1 is 1.33 bits per heavy atom. The van der Waals surface area contributed by atoms with Gasteiger partial charge in [0.05, 0.1) is 29.8 Å². The molecular weight excluding hydrogens is 344 g/mol. The summed E-state index contributed by atoms with van der Waals surface area (Å²) in [6.07, 6.45) is 5.62. The molecule has 2 aliphatic heterocycles. The summed E-state index contributed by atoms with van der Waals surface area (Å²) >= 11 is 0. The van der Waals surface area contributed by atoms with Gasteiger partial charge in [-0.15, -0.1) is 0 Å². The Labute approximate surface area is 158 Å². The van der Waals surface area contributed by atoms with Gasteiger partial charge in [-0.1, -0.05) is 6.92 Å². The Morgan fingerprint density at radius 2 is 2.19 bits per heavy atom. The minimum atomic E-state index is 0.0649. The number of hydrogen-bond acceptors (Lipinski definition) is 5. The van der Waals surface area contributed by atoms with Crippen LogP contribution in [0.1, 0.15) is 44.2 Å². The molecule has 7 heteroatoms. The van der Waals surface area contributed by atoms with E-state index in [1.54, 1.807) is 6.20 Å². The molecule has 3 atom stereocenters. The minimum absolute atomic E-state index is 0.0649. The molecule has 1 amide bonds. The number of H-pyrrole nitrogens is 1. The maximum Gasteiger partial charge on any atom is 0.226 e. The summed E-state index contributed by atoms with van der Waals surface area (Å²) in [7, 11) is 0. The number of fused-ring (bicyclic) bond motifs is 1. The number of likely N-dealkylation sites (tertiary alicyclic amines) is 1. The molecule has 7 nitrogen and oxygen atoms in total. The van der Waals surface area contributed by atoms with Crippen molar-refractivity contribution in [2.45, 2.75) is 44.6 Å². The SMILES string of the molecule is C[C@H]1CCN(C(=O)C2CC2c2[nH]nc3ccnc(OC4CCOCC4)c23)C1. The lowest BCUT2D eigenvalue weighted by Gasteiger charge is -2.23. The molecule has 3 fully saturated rings. The third-order valence-corrected chi connectivity index (χ3v) is 6.12. The van der Waals surface area contributed by atoms with Crippen molar-refractivity contribution in [2.75, 3.05) is 26.3 Å². The summed E-state index contributed by atoms with van der Waals surface area (Å²) in [4.78, 5) is 19.3. The molecule has 144 valence electrons. The number of carbonyl (C=O) groups is 1. The van der Waals surface area contributed by atoms with Crippen molar-refractivity contribution < 1.29 is 14.3 Å². The second-order valence-corrected chi connectivity index (χ2v) is 8.20. The molecule has 0 aromatic carbocycles. The van der Waals surface area contributed by atoms with E-state index in [1.165, 1.54) is 0 Å². The van der Waals surface area contributed by atoms with Gasteiger partial charge in [0, 0.05) is 44.0 Å². The Morgan fingerprint density at radius 3 is 2.96 bits per heavy atom. The summed E-state index contributed by atoms with van der Waals surface area (Å²) in [6, 6.07) is 1.90. The largest absolute Gasteiger partial charge is 0.474 e. The predicted molar refractivity (Wildman–Crippen MR) is 99.6 cm³/mol. The van der Waals surface area contributed by atoms with Gasteiger partial charge >= 0.3 is 0 Å². The Kier molecular flexibility index (Phi) is 4.27. The molecule has 0 bridgehead atoms. The fourth-order valence-corrected chi connectivity index (χ4v) is 4.42. The van der Waals surface area contributed by atoms with Crippen molar-refractivity contribution in [3.8, 4) is 5.88 Å². The lowest BCUT2D eigenvalue weighted by molar-refractivity contribution is -0.131. The maximum absolute atomic E-state index is 12.8. The first-order chi connectivity index (χ1) is 13.2. The first kappa shape index (κ1) is 17.0. The highest BCUT2D eigenvalue weighted by Gasteiger charge is 2.48.